The number of hydrogen-bond acceptors (Lipinski definition) is 4. The van der Waals surface area contributed by atoms with Crippen molar-refractivity contribution in [2.45, 2.75) is 18.9 Å². The average molecular weight is 407 g/mol. The first kappa shape index (κ1) is 16.0. The predicted octanol–water partition coefficient (Wildman–Crippen LogP) is 3.70. The second-order valence-electron chi connectivity index (χ2n) is 5.42. The Hall–Kier alpha value is -0.890. The monoisotopic (exact) mass is 405 g/mol. The van der Waals surface area contributed by atoms with Gasteiger partial charge in [0.2, 0.25) is 0 Å². The fourth-order valence-corrected chi connectivity index (χ4v) is 4.13. The molecule has 0 bridgehead atoms. The third-order valence-corrected chi connectivity index (χ3v) is 5.50. The zero-order chi connectivity index (χ0) is 15.9. The summed E-state index contributed by atoms with van der Waals surface area (Å²) < 4.78 is 37.3. The normalized spacial score (nSPS) is 21.6. The van der Waals surface area contributed by atoms with Crippen LogP contribution in [0.25, 0.3) is 10.8 Å². The first-order valence-electron chi connectivity index (χ1n) is 6.67. The standard InChI is InChI=1S/C14H13BrClNO4S/c15-12-1-2-13(11-6-17-14(16)5-10(11)12)21-9-3-8(4-9)7-22(18,19)20/h1-2,5-6,8-9H,3-4,7H2,(H,18,19,20). The Bertz CT molecular complexity index is 821. The van der Waals surface area contributed by atoms with Gasteiger partial charge in [0.25, 0.3) is 10.1 Å². The van der Waals surface area contributed by atoms with Crippen molar-refractivity contribution in [2.75, 3.05) is 5.75 Å². The fraction of sp³-hybridized carbons (Fsp3) is 0.357. The molecule has 22 heavy (non-hydrogen) atoms. The molecule has 1 heterocycles. The third-order valence-electron chi connectivity index (χ3n) is 3.71. The van der Waals surface area contributed by atoms with Crippen LogP contribution in [-0.2, 0) is 10.1 Å². The van der Waals surface area contributed by atoms with E-state index in [-0.39, 0.29) is 17.8 Å². The van der Waals surface area contributed by atoms with Crippen molar-refractivity contribution in [3.05, 3.63) is 34.0 Å². The zero-order valence-corrected chi connectivity index (χ0v) is 14.5. The molecule has 0 saturated heterocycles. The number of nitrogens with zero attached hydrogens (tertiary/aromatic N) is 1. The van der Waals surface area contributed by atoms with Gasteiger partial charge in [0.05, 0.1) is 11.9 Å². The Morgan fingerprint density at radius 1 is 1.36 bits per heavy atom. The molecule has 0 unspecified atom stereocenters. The number of hydrogen-bond donors (Lipinski definition) is 1. The van der Waals surface area contributed by atoms with Crippen molar-refractivity contribution in [2.24, 2.45) is 5.92 Å². The van der Waals surface area contributed by atoms with E-state index in [1.807, 2.05) is 12.1 Å². The lowest BCUT2D eigenvalue weighted by atomic mass is 9.84. The molecule has 1 aromatic carbocycles. The van der Waals surface area contributed by atoms with E-state index in [0.29, 0.717) is 23.7 Å². The Morgan fingerprint density at radius 3 is 2.77 bits per heavy atom. The minimum atomic E-state index is -3.91. The Kier molecular flexibility index (Phi) is 4.33. The van der Waals surface area contributed by atoms with Crippen LogP contribution in [0.3, 0.4) is 0 Å². The van der Waals surface area contributed by atoms with E-state index in [0.717, 1.165) is 15.2 Å². The first-order valence-corrected chi connectivity index (χ1v) is 9.45. The van der Waals surface area contributed by atoms with E-state index in [1.54, 1.807) is 12.3 Å². The highest BCUT2D eigenvalue weighted by Crippen LogP contribution is 2.37. The summed E-state index contributed by atoms with van der Waals surface area (Å²) in [6, 6.07) is 5.48. The molecule has 5 nitrogen and oxygen atoms in total. The van der Waals surface area contributed by atoms with E-state index in [2.05, 4.69) is 20.9 Å². The number of rotatable bonds is 4. The van der Waals surface area contributed by atoms with Gasteiger partial charge in [-0.2, -0.15) is 8.42 Å². The molecule has 1 fully saturated rings. The molecule has 0 radical (unpaired) electrons. The van der Waals surface area contributed by atoms with Crippen LogP contribution in [0, 0.1) is 5.92 Å². The molecule has 1 saturated carbocycles. The molecule has 1 aliphatic rings. The molecule has 0 amide bonds. The number of halogens is 2. The highest BCUT2D eigenvalue weighted by molar-refractivity contribution is 9.10. The molecule has 1 aliphatic carbocycles. The van der Waals surface area contributed by atoms with Gasteiger partial charge in [0.15, 0.2) is 0 Å². The maximum absolute atomic E-state index is 10.8. The molecule has 0 spiro atoms. The van der Waals surface area contributed by atoms with Crippen molar-refractivity contribution < 1.29 is 17.7 Å². The minimum absolute atomic E-state index is 0.0470. The lowest BCUT2D eigenvalue weighted by molar-refractivity contribution is 0.0760. The summed E-state index contributed by atoms with van der Waals surface area (Å²) >= 11 is 9.38. The van der Waals surface area contributed by atoms with Crippen LogP contribution in [-0.4, -0.2) is 29.8 Å². The van der Waals surface area contributed by atoms with E-state index < -0.39 is 10.1 Å². The molecular weight excluding hydrogens is 394 g/mol. The molecule has 0 aliphatic heterocycles. The van der Waals surface area contributed by atoms with Crippen LogP contribution < -0.4 is 4.74 Å². The van der Waals surface area contributed by atoms with Gasteiger partial charge in [0, 0.05) is 21.4 Å². The van der Waals surface area contributed by atoms with Crippen molar-refractivity contribution in [1.82, 2.24) is 4.98 Å². The number of aromatic nitrogens is 1. The van der Waals surface area contributed by atoms with Crippen LogP contribution in [0.2, 0.25) is 5.15 Å². The number of ether oxygens (including phenoxy) is 1. The number of pyridine rings is 1. The summed E-state index contributed by atoms with van der Waals surface area (Å²) in [6.07, 6.45) is 2.83. The van der Waals surface area contributed by atoms with Gasteiger partial charge in [-0.3, -0.25) is 4.55 Å². The third kappa shape index (κ3) is 3.53. The Morgan fingerprint density at radius 2 is 2.09 bits per heavy atom. The van der Waals surface area contributed by atoms with E-state index in [1.165, 1.54) is 0 Å². The highest BCUT2D eigenvalue weighted by atomic mass is 79.9. The topological polar surface area (TPSA) is 76.5 Å². The lowest BCUT2D eigenvalue weighted by Crippen LogP contribution is -2.37. The van der Waals surface area contributed by atoms with E-state index in [9.17, 15) is 8.42 Å². The van der Waals surface area contributed by atoms with Gasteiger partial charge in [-0.15, -0.1) is 0 Å². The van der Waals surface area contributed by atoms with Gasteiger partial charge >= 0.3 is 0 Å². The van der Waals surface area contributed by atoms with Crippen LogP contribution in [0.4, 0.5) is 0 Å². The quantitative estimate of drug-likeness (QED) is 0.619. The van der Waals surface area contributed by atoms with Crippen LogP contribution in [0.15, 0.2) is 28.9 Å². The van der Waals surface area contributed by atoms with Gasteiger partial charge in [-0.05, 0) is 37.0 Å². The molecule has 3 rings (SSSR count). The smallest absolute Gasteiger partial charge is 0.265 e. The second kappa shape index (κ2) is 5.96. The molecular formula is C14H13BrClNO4S. The van der Waals surface area contributed by atoms with Gasteiger partial charge in [0.1, 0.15) is 10.9 Å². The van der Waals surface area contributed by atoms with Crippen LogP contribution in [0.1, 0.15) is 12.8 Å². The maximum atomic E-state index is 10.8. The fourth-order valence-electron chi connectivity index (χ4n) is 2.64. The maximum Gasteiger partial charge on any atom is 0.265 e. The van der Waals surface area contributed by atoms with Crippen molar-refractivity contribution >= 4 is 48.4 Å². The summed E-state index contributed by atoms with van der Waals surface area (Å²) in [5.41, 5.74) is 0. The summed E-state index contributed by atoms with van der Waals surface area (Å²) in [4.78, 5) is 4.08. The van der Waals surface area contributed by atoms with Crippen LogP contribution >= 0.6 is 27.5 Å². The number of benzene rings is 1. The average Bonchev–Trinajstić information content (AvgIpc) is 2.38. The van der Waals surface area contributed by atoms with Gasteiger partial charge < -0.3 is 4.74 Å². The SMILES string of the molecule is O=S(=O)(O)CC1CC(Oc2ccc(Br)c3cc(Cl)ncc23)C1. The Labute approximate surface area is 141 Å². The summed E-state index contributed by atoms with van der Waals surface area (Å²) in [5.74, 6) is 0.442. The Balaban J connectivity index is 1.75. The van der Waals surface area contributed by atoms with Crippen molar-refractivity contribution in [3.63, 3.8) is 0 Å². The number of fused-ring (bicyclic) bond motifs is 1. The van der Waals surface area contributed by atoms with Crippen LogP contribution in [0.5, 0.6) is 5.75 Å². The zero-order valence-electron chi connectivity index (χ0n) is 11.4. The minimum Gasteiger partial charge on any atom is -0.490 e. The van der Waals surface area contributed by atoms with Crippen molar-refractivity contribution in [1.29, 1.82) is 0 Å². The largest absolute Gasteiger partial charge is 0.490 e. The molecule has 0 atom stereocenters. The van der Waals surface area contributed by atoms with E-state index >= 15 is 0 Å². The predicted molar refractivity (Wildman–Crippen MR) is 88.0 cm³/mol. The van der Waals surface area contributed by atoms with Gasteiger partial charge in [-0.1, -0.05) is 27.5 Å². The first-order chi connectivity index (χ1) is 10.3. The molecule has 1 N–H and O–H groups in total. The summed E-state index contributed by atoms with van der Waals surface area (Å²) in [5, 5.41) is 2.16. The molecule has 1 aromatic heterocycles. The molecule has 2 aromatic rings. The summed E-state index contributed by atoms with van der Waals surface area (Å²) in [6.45, 7) is 0. The van der Waals surface area contributed by atoms with Gasteiger partial charge in [-0.25, -0.2) is 4.98 Å². The second-order valence-corrected chi connectivity index (χ2v) is 8.16. The van der Waals surface area contributed by atoms with Crippen molar-refractivity contribution in [3.8, 4) is 5.75 Å². The highest BCUT2D eigenvalue weighted by Gasteiger charge is 2.34. The molecule has 118 valence electrons. The summed E-state index contributed by atoms with van der Waals surface area (Å²) in [7, 11) is -3.91. The van der Waals surface area contributed by atoms with E-state index in [4.69, 9.17) is 20.9 Å². The molecule has 8 heteroatoms. The lowest BCUT2D eigenvalue weighted by Gasteiger charge is -2.34.